The summed E-state index contributed by atoms with van der Waals surface area (Å²) in [5, 5.41) is 0. The van der Waals surface area contributed by atoms with Crippen molar-refractivity contribution in [3.05, 3.63) is 24.0 Å². The number of imidazole rings is 1. The summed E-state index contributed by atoms with van der Waals surface area (Å²) in [5.41, 5.74) is -0.900. The van der Waals surface area contributed by atoms with Crippen LogP contribution in [-0.4, -0.2) is 44.0 Å². The minimum Gasteiger partial charge on any atom is -0.382 e. The fraction of sp³-hybridized carbons (Fsp3) is 0.500. The average molecular weight is 366 g/mol. The lowest BCUT2D eigenvalue weighted by Crippen LogP contribution is -2.15. The molecule has 0 fully saturated rings. The number of aromatic nitrogens is 2. The first-order chi connectivity index (χ1) is 11.2. The molecule has 0 aliphatic heterocycles. The van der Waals surface area contributed by atoms with Gasteiger partial charge in [-0.1, -0.05) is 6.92 Å². The van der Waals surface area contributed by atoms with Crippen LogP contribution in [0, 0.1) is 0 Å². The molecular weight excluding hydrogens is 349 g/mol. The Balaban J connectivity index is 2.52. The van der Waals surface area contributed by atoms with Crippen molar-refractivity contribution in [3.8, 4) is 0 Å². The van der Waals surface area contributed by atoms with E-state index < -0.39 is 32.2 Å². The number of halogens is 3. The lowest BCUT2D eigenvalue weighted by molar-refractivity contribution is -0.139. The van der Waals surface area contributed by atoms with E-state index in [1.807, 2.05) is 0 Å². The molecular formula is C14H17F3N2O4S. The van der Waals surface area contributed by atoms with Crippen molar-refractivity contribution in [1.29, 1.82) is 0 Å². The largest absolute Gasteiger partial charge is 0.417 e. The maximum absolute atomic E-state index is 13.2. The highest BCUT2D eigenvalue weighted by atomic mass is 32.2. The van der Waals surface area contributed by atoms with Gasteiger partial charge >= 0.3 is 6.18 Å². The Morgan fingerprint density at radius 3 is 2.54 bits per heavy atom. The highest BCUT2D eigenvalue weighted by Crippen LogP contribution is 2.37. The predicted molar refractivity (Wildman–Crippen MR) is 80.3 cm³/mol. The van der Waals surface area contributed by atoms with Crippen LogP contribution in [-0.2, 0) is 32.2 Å². The van der Waals surface area contributed by atoms with E-state index in [0.717, 1.165) is 12.1 Å². The average Bonchev–Trinajstić information content (AvgIpc) is 2.92. The minimum atomic E-state index is -4.79. The van der Waals surface area contributed by atoms with Crippen molar-refractivity contribution in [2.75, 3.05) is 26.1 Å². The molecule has 134 valence electrons. The Bertz CT molecular complexity index is 815. The molecule has 0 aliphatic rings. The molecule has 0 unspecified atom stereocenters. The summed E-state index contributed by atoms with van der Waals surface area (Å²) in [6.07, 6.45) is -3.48. The van der Waals surface area contributed by atoms with Gasteiger partial charge in [0.15, 0.2) is 9.84 Å². The van der Waals surface area contributed by atoms with Crippen LogP contribution in [0.25, 0.3) is 11.0 Å². The molecule has 2 aromatic rings. The number of sulfone groups is 1. The number of hydrogen-bond acceptors (Lipinski definition) is 5. The van der Waals surface area contributed by atoms with Gasteiger partial charge in [-0.25, -0.2) is 13.4 Å². The summed E-state index contributed by atoms with van der Waals surface area (Å²) in [5.74, 6) is -0.430. The summed E-state index contributed by atoms with van der Waals surface area (Å²) in [6, 6.07) is 1.76. The molecule has 0 atom stereocenters. The van der Waals surface area contributed by atoms with Crippen molar-refractivity contribution < 1.29 is 31.1 Å². The van der Waals surface area contributed by atoms with Crippen LogP contribution in [0.2, 0.25) is 0 Å². The van der Waals surface area contributed by atoms with Gasteiger partial charge < -0.3 is 14.0 Å². The maximum atomic E-state index is 13.2. The molecule has 0 spiro atoms. The van der Waals surface area contributed by atoms with Gasteiger partial charge in [0.05, 0.1) is 46.8 Å². The fourth-order valence-electron chi connectivity index (χ4n) is 2.13. The summed E-state index contributed by atoms with van der Waals surface area (Å²) in [6.45, 7) is 1.97. The Morgan fingerprint density at radius 2 is 1.96 bits per heavy atom. The normalized spacial score (nSPS) is 12.9. The molecule has 1 aromatic carbocycles. The molecule has 10 heteroatoms. The Morgan fingerprint density at radius 1 is 1.25 bits per heavy atom. The van der Waals surface area contributed by atoms with Crippen LogP contribution in [0.1, 0.15) is 12.5 Å². The molecule has 0 aliphatic carbocycles. The zero-order chi connectivity index (χ0) is 18.0. The van der Waals surface area contributed by atoms with Crippen LogP contribution >= 0.6 is 0 Å². The van der Waals surface area contributed by atoms with E-state index in [1.54, 1.807) is 0 Å². The molecule has 0 bridgehead atoms. The SMILES string of the molecule is CCS(=O)(=O)c1cc2c(cc1C(F)(F)F)ncn2COCCOC. The van der Waals surface area contributed by atoms with Gasteiger partial charge in [0.1, 0.15) is 6.73 Å². The second-order valence-corrected chi connectivity index (χ2v) is 7.23. The molecule has 0 N–H and O–H groups in total. The topological polar surface area (TPSA) is 70.4 Å². The first kappa shape index (κ1) is 18.7. The monoisotopic (exact) mass is 366 g/mol. The number of alkyl halides is 3. The Kier molecular flexibility index (Phi) is 5.51. The van der Waals surface area contributed by atoms with E-state index in [9.17, 15) is 21.6 Å². The number of methoxy groups -OCH3 is 1. The van der Waals surface area contributed by atoms with E-state index in [-0.39, 0.29) is 24.4 Å². The number of rotatable bonds is 7. The standard InChI is InChI=1S/C14H17F3N2O4S/c1-3-24(20,21)13-7-12-11(6-10(13)14(15,16)17)18-8-19(12)9-23-5-4-22-2/h6-8H,3-5,9H2,1-2H3. The molecule has 0 saturated heterocycles. The molecule has 24 heavy (non-hydrogen) atoms. The quantitative estimate of drug-likeness (QED) is 0.704. The fourth-order valence-corrected chi connectivity index (χ4v) is 3.24. The molecule has 6 nitrogen and oxygen atoms in total. The van der Waals surface area contributed by atoms with Gasteiger partial charge in [-0.15, -0.1) is 0 Å². The summed E-state index contributed by atoms with van der Waals surface area (Å²) >= 11 is 0. The highest BCUT2D eigenvalue weighted by molar-refractivity contribution is 7.91. The first-order valence-corrected chi connectivity index (χ1v) is 8.71. The van der Waals surface area contributed by atoms with Crippen LogP contribution in [0.3, 0.4) is 0 Å². The Labute approximate surface area is 137 Å². The molecule has 2 rings (SSSR count). The van der Waals surface area contributed by atoms with Gasteiger partial charge in [0, 0.05) is 7.11 Å². The number of nitrogens with zero attached hydrogens (tertiary/aromatic N) is 2. The first-order valence-electron chi connectivity index (χ1n) is 7.06. The van der Waals surface area contributed by atoms with Gasteiger partial charge in [0.2, 0.25) is 0 Å². The van der Waals surface area contributed by atoms with Crippen molar-refractivity contribution in [2.24, 2.45) is 0 Å². The molecule has 0 amide bonds. The van der Waals surface area contributed by atoms with Gasteiger partial charge in [-0.3, -0.25) is 0 Å². The van der Waals surface area contributed by atoms with Crippen molar-refractivity contribution in [3.63, 3.8) is 0 Å². The smallest absolute Gasteiger partial charge is 0.382 e. The lowest BCUT2D eigenvalue weighted by atomic mass is 10.2. The second kappa shape index (κ2) is 7.08. The Hall–Kier alpha value is -1.65. The maximum Gasteiger partial charge on any atom is 0.417 e. The van der Waals surface area contributed by atoms with Crippen molar-refractivity contribution >= 4 is 20.9 Å². The third kappa shape index (κ3) is 3.87. The van der Waals surface area contributed by atoms with E-state index in [0.29, 0.717) is 6.61 Å². The zero-order valence-electron chi connectivity index (χ0n) is 13.1. The van der Waals surface area contributed by atoms with E-state index in [1.165, 1.54) is 24.9 Å². The molecule has 1 aromatic heterocycles. The van der Waals surface area contributed by atoms with E-state index >= 15 is 0 Å². The molecule has 1 heterocycles. The summed E-state index contributed by atoms with van der Waals surface area (Å²) in [4.78, 5) is 3.15. The molecule has 0 radical (unpaired) electrons. The number of benzene rings is 1. The van der Waals surface area contributed by atoms with Crippen LogP contribution in [0.4, 0.5) is 13.2 Å². The van der Waals surface area contributed by atoms with Crippen molar-refractivity contribution in [1.82, 2.24) is 9.55 Å². The number of fused-ring (bicyclic) bond motifs is 1. The number of hydrogen-bond donors (Lipinski definition) is 0. The molecule has 0 saturated carbocycles. The van der Waals surface area contributed by atoms with Crippen LogP contribution < -0.4 is 0 Å². The third-order valence-corrected chi connectivity index (χ3v) is 5.17. The second-order valence-electron chi connectivity index (χ2n) is 4.98. The third-order valence-electron chi connectivity index (χ3n) is 3.41. The minimum absolute atomic E-state index is 0.0246. The van der Waals surface area contributed by atoms with Gasteiger partial charge in [-0.05, 0) is 12.1 Å². The van der Waals surface area contributed by atoms with Crippen molar-refractivity contribution in [2.45, 2.75) is 24.7 Å². The predicted octanol–water partition coefficient (Wildman–Crippen LogP) is 2.47. The van der Waals surface area contributed by atoms with Gasteiger partial charge in [-0.2, -0.15) is 13.2 Å². The van der Waals surface area contributed by atoms with Gasteiger partial charge in [0.25, 0.3) is 0 Å². The zero-order valence-corrected chi connectivity index (χ0v) is 13.9. The number of ether oxygens (including phenoxy) is 2. The van der Waals surface area contributed by atoms with E-state index in [4.69, 9.17) is 9.47 Å². The summed E-state index contributed by atoms with van der Waals surface area (Å²) in [7, 11) is -2.54. The lowest BCUT2D eigenvalue weighted by Gasteiger charge is -2.13. The summed E-state index contributed by atoms with van der Waals surface area (Å²) < 4.78 is 75.3. The van der Waals surface area contributed by atoms with Crippen LogP contribution in [0.15, 0.2) is 23.4 Å². The van der Waals surface area contributed by atoms with Crippen LogP contribution in [0.5, 0.6) is 0 Å². The highest BCUT2D eigenvalue weighted by Gasteiger charge is 2.37. The van der Waals surface area contributed by atoms with E-state index in [2.05, 4.69) is 4.98 Å².